The largest absolute Gasteiger partial charge is 0.435 e. The summed E-state index contributed by atoms with van der Waals surface area (Å²) in [6.45, 7) is 0.472. The van der Waals surface area contributed by atoms with Crippen LogP contribution in [0.3, 0.4) is 0 Å². The predicted molar refractivity (Wildman–Crippen MR) is 63.9 cm³/mol. The minimum absolute atomic E-state index is 0.0468. The second kappa shape index (κ2) is 5.02. The van der Waals surface area contributed by atoms with Gasteiger partial charge in [-0.05, 0) is 25.0 Å². The lowest BCUT2D eigenvalue weighted by molar-refractivity contribution is -0.141. The van der Waals surface area contributed by atoms with Crippen LogP contribution in [-0.4, -0.2) is 28.6 Å². The van der Waals surface area contributed by atoms with E-state index in [-0.39, 0.29) is 11.9 Å². The zero-order valence-electron chi connectivity index (χ0n) is 10.1. The summed E-state index contributed by atoms with van der Waals surface area (Å²) in [5.74, 6) is 0.447. The summed E-state index contributed by atoms with van der Waals surface area (Å²) in [6.07, 6.45) is -2.17. The monoisotopic (exact) mass is 273 g/mol. The maximum atomic E-state index is 12.4. The second-order valence-electron chi connectivity index (χ2n) is 4.47. The molecule has 8 heteroatoms. The fourth-order valence-electron chi connectivity index (χ4n) is 1.74. The summed E-state index contributed by atoms with van der Waals surface area (Å²) in [4.78, 5) is 1.86. The third-order valence-electron chi connectivity index (χ3n) is 2.84. The number of alkyl halides is 3. The van der Waals surface area contributed by atoms with Gasteiger partial charge in [0, 0.05) is 19.0 Å². The van der Waals surface area contributed by atoms with Gasteiger partial charge in [0.05, 0.1) is 5.84 Å². The first-order valence-electron chi connectivity index (χ1n) is 5.88. The maximum Gasteiger partial charge on any atom is 0.435 e. The highest BCUT2D eigenvalue weighted by Crippen LogP contribution is 2.32. The van der Waals surface area contributed by atoms with Crippen LogP contribution in [0, 0.1) is 5.41 Å². The third-order valence-corrected chi connectivity index (χ3v) is 2.84. The van der Waals surface area contributed by atoms with Crippen LogP contribution in [0.2, 0.25) is 0 Å². The molecule has 19 heavy (non-hydrogen) atoms. The molecule has 0 spiro atoms. The Hall–Kier alpha value is -1.86. The van der Waals surface area contributed by atoms with Gasteiger partial charge in [0.1, 0.15) is 0 Å². The number of rotatable bonds is 5. The van der Waals surface area contributed by atoms with Crippen LogP contribution in [0.25, 0.3) is 0 Å². The van der Waals surface area contributed by atoms with E-state index in [4.69, 9.17) is 11.1 Å². The molecule has 1 fully saturated rings. The van der Waals surface area contributed by atoms with Gasteiger partial charge in [0.15, 0.2) is 11.5 Å². The van der Waals surface area contributed by atoms with Crippen molar-refractivity contribution in [2.75, 3.05) is 11.4 Å². The van der Waals surface area contributed by atoms with Crippen molar-refractivity contribution in [3.63, 3.8) is 0 Å². The van der Waals surface area contributed by atoms with E-state index in [0.717, 1.165) is 18.9 Å². The molecule has 0 saturated heterocycles. The lowest BCUT2D eigenvalue weighted by Crippen LogP contribution is -2.31. The number of hydrogen-bond acceptors (Lipinski definition) is 4. The summed E-state index contributed by atoms with van der Waals surface area (Å²) in [5, 5.41) is 14.0. The van der Waals surface area contributed by atoms with E-state index in [1.807, 2.05) is 4.90 Å². The highest BCUT2D eigenvalue weighted by molar-refractivity contribution is 5.77. The molecular weight excluding hydrogens is 259 g/mol. The second-order valence-corrected chi connectivity index (χ2v) is 4.47. The molecule has 0 aliphatic heterocycles. The van der Waals surface area contributed by atoms with E-state index in [0.29, 0.717) is 18.8 Å². The zero-order valence-corrected chi connectivity index (χ0v) is 10.1. The Bertz CT molecular complexity index is 452. The van der Waals surface area contributed by atoms with Gasteiger partial charge in [-0.25, -0.2) is 0 Å². The standard InChI is InChI=1S/C11H14F3N5/c12-11(13,14)8-3-4-10(18-17-8)19(7-1-2-7)6-5-9(15)16/h3-4,7H,1-2,5-6H2,(H3,15,16). The van der Waals surface area contributed by atoms with Crippen LogP contribution < -0.4 is 10.6 Å². The number of nitrogens with two attached hydrogens (primary N) is 1. The fourth-order valence-corrected chi connectivity index (χ4v) is 1.74. The first-order chi connectivity index (χ1) is 8.88. The Morgan fingerprint density at radius 3 is 2.47 bits per heavy atom. The first-order valence-corrected chi connectivity index (χ1v) is 5.88. The highest BCUT2D eigenvalue weighted by Gasteiger charge is 2.34. The summed E-state index contributed by atoms with van der Waals surface area (Å²) in [7, 11) is 0. The van der Waals surface area contributed by atoms with Gasteiger partial charge in [0.2, 0.25) is 0 Å². The summed E-state index contributed by atoms with van der Waals surface area (Å²) < 4.78 is 37.2. The first kappa shape index (κ1) is 13.6. The molecule has 2 rings (SSSR count). The molecular formula is C11H14F3N5. The van der Waals surface area contributed by atoms with Gasteiger partial charge in [-0.2, -0.15) is 13.2 Å². The van der Waals surface area contributed by atoms with Gasteiger partial charge in [-0.1, -0.05) is 0 Å². The van der Waals surface area contributed by atoms with E-state index in [1.165, 1.54) is 6.07 Å². The van der Waals surface area contributed by atoms with Gasteiger partial charge in [-0.15, -0.1) is 10.2 Å². The Morgan fingerprint density at radius 2 is 2.05 bits per heavy atom. The van der Waals surface area contributed by atoms with Gasteiger partial charge in [0.25, 0.3) is 0 Å². The molecule has 0 radical (unpaired) electrons. The maximum absolute atomic E-state index is 12.4. The Kier molecular flexibility index (Phi) is 3.59. The van der Waals surface area contributed by atoms with Crippen LogP contribution in [0.1, 0.15) is 25.0 Å². The third kappa shape index (κ3) is 3.55. The number of amidine groups is 1. The van der Waals surface area contributed by atoms with Crippen molar-refractivity contribution < 1.29 is 13.2 Å². The summed E-state index contributed by atoms with van der Waals surface area (Å²) in [6, 6.07) is 2.50. The van der Waals surface area contributed by atoms with Gasteiger partial charge in [-0.3, -0.25) is 5.41 Å². The molecule has 1 saturated carbocycles. The quantitative estimate of drug-likeness (QED) is 0.633. The number of nitrogens with one attached hydrogen (secondary N) is 1. The van der Waals surface area contributed by atoms with E-state index in [2.05, 4.69) is 10.2 Å². The van der Waals surface area contributed by atoms with Crippen LogP contribution in [0.15, 0.2) is 12.1 Å². The Morgan fingerprint density at radius 1 is 1.37 bits per heavy atom. The lowest BCUT2D eigenvalue weighted by Gasteiger charge is -2.22. The zero-order chi connectivity index (χ0) is 14.0. The molecule has 104 valence electrons. The van der Waals surface area contributed by atoms with E-state index >= 15 is 0 Å². The molecule has 3 N–H and O–H groups in total. The number of aromatic nitrogens is 2. The smallest absolute Gasteiger partial charge is 0.388 e. The molecule has 1 aromatic heterocycles. The van der Waals surface area contributed by atoms with Gasteiger partial charge < -0.3 is 10.6 Å². The summed E-state index contributed by atoms with van der Waals surface area (Å²) in [5.41, 5.74) is 4.29. The molecule has 0 bridgehead atoms. The Labute approximate surface area is 108 Å². The average Bonchev–Trinajstić information content (AvgIpc) is 3.13. The van der Waals surface area contributed by atoms with Crippen molar-refractivity contribution in [3.05, 3.63) is 17.8 Å². The molecule has 0 unspecified atom stereocenters. The van der Waals surface area contributed by atoms with E-state index < -0.39 is 11.9 Å². The molecule has 1 aliphatic carbocycles. The normalized spacial score (nSPS) is 15.3. The van der Waals surface area contributed by atoms with Crippen LogP contribution in [0.5, 0.6) is 0 Å². The van der Waals surface area contributed by atoms with Crippen molar-refractivity contribution >= 4 is 11.7 Å². The lowest BCUT2D eigenvalue weighted by atomic mass is 10.3. The molecule has 0 atom stereocenters. The van der Waals surface area contributed by atoms with Crippen molar-refractivity contribution in [1.82, 2.24) is 10.2 Å². The topological polar surface area (TPSA) is 78.9 Å². The molecule has 1 aromatic rings. The predicted octanol–water partition coefficient (Wildman–Crippen LogP) is 1.79. The van der Waals surface area contributed by atoms with E-state index in [1.54, 1.807) is 0 Å². The van der Waals surface area contributed by atoms with Crippen molar-refractivity contribution in [3.8, 4) is 0 Å². The molecule has 5 nitrogen and oxygen atoms in total. The SMILES string of the molecule is N=C(N)CCN(c1ccc(C(F)(F)F)nn1)C1CC1. The van der Waals surface area contributed by atoms with Crippen molar-refractivity contribution in [2.24, 2.45) is 5.73 Å². The van der Waals surface area contributed by atoms with Crippen LogP contribution in [-0.2, 0) is 6.18 Å². The van der Waals surface area contributed by atoms with Crippen LogP contribution >= 0.6 is 0 Å². The molecule has 1 heterocycles. The molecule has 1 aliphatic rings. The number of anilines is 1. The van der Waals surface area contributed by atoms with Crippen molar-refractivity contribution in [1.29, 1.82) is 5.41 Å². The van der Waals surface area contributed by atoms with E-state index in [9.17, 15) is 13.2 Å². The summed E-state index contributed by atoms with van der Waals surface area (Å²) >= 11 is 0. The number of halogens is 3. The minimum Gasteiger partial charge on any atom is -0.388 e. The fraction of sp³-hybridized carbons (Fsp3) is 0.545. The Balaban J connectivity index is 2.11. The average molecular weight is 273 g/mol. The highest BCUT2D eigenvalue weighted by atomic mass is 19.4. The molecule has 0 amide bonds. The van der Waals surface area contributed by atoms with Gasteiger partial charge >= 0.3 is 6.18 Å². The molecule has 0 aromatic carbocycles. The van der Waals surface area contributed by atoms with Crippen LogP contribution in [0.4, 0.5) is 19.0 Å². The number of nitrogens with zero attached hydrogens (tertiary/aromatic N) is 3. The number of hydrogen-bond donors (Lipinski definition) is 2. The van der Waals surface area contributed by atoms with Crippen molar-refractivity contribution in [2.45, 2.75) is 31.5 Å². The minimum atomic E-state index is -4.48.